The highest BCUT2D eigenvalue weighted by Gasteiger charge is 2.40. The summed E-state index contributed by atoms with van der Waals surface area (Å²) in [5.74, 6) is 0. The van der Waals surface area contributed by atoms with E-state index >= 15 is 0 Å². The highest BCUT2D eigenvalue weighted by Crippen LogP contribution is 2.37. The number of pyridine rings is 1. The van der Waals surface area contributed by atoms with Crippen LogP contribution in [0.4, 0.5) is 13.6 Å². The van der Waals surface area contributed by atoms with Crippen LogP contribution in [0.2, 0.25) is 0 Å². The molecule has 1 amide bonds. The molecule has 5 nitrogen and oxygen atoms in total. The van der Waals surface area contributed by atoms with Crippen LogP contribution in [-0.2, 0) is 9.47 Å². The average Bonchev–Trinajstić information content (AvgIpc) is 2.98. The lowest BCUT2D eigenvalue weighted by Gasteiger charge is -2.38. The number of nitrogens with zero attached hydrogens (tertiary/aromatic N) is 2. The first kappa shape index (κ1) is 18.8. The highest BCUT2D eigenvalue weighted by atomic mass is 19.3. The summed E-state index contributed by atoms with van der Waals surface area (Å²) in [5, 5.41) is 0. The van der Waals surface area contributed by atoms with E-state index in [2.05, 4.69) is 4.98 Å². The van der Waals surface area contributed by atoms with Crippen molar-refractivity contribution >= 4 is 11.7 Å². The fourth-order valence-corrected chi connectivity index (χ4v) is 3.18. The maximum absolute atomic E-state index is 12.6. The first-order chi connectivity index (χ1) is 12.2. The molecule has 3 rings (SSSR count). The van der Waals surface area contributed by atoms with Crippen molar-refractivity contribution in [3.63, 3.8) is 0 Å². The third-order valence-corrected chi connectivity index (χ3v) is 4.58. The molecule has 0 atom stereocenters. The van der Waals surface area contributed by atoms with Gasteiger partial charge in [-0.25, -0.2) is 13.6 Å². The number of hydrogen-bond acceptors (Lipinski definition) is 4. The van der Waals surface area contributed by atoms with E-state index in [4.69, 9.17) is 9.47 Å². The summed E-state index contributed by atoms with van der Waals surface area (Å²) in [4.78, 5) is 18.0. The molecule has 1 spiro atoms. The molecular formula is C19H24F2N2O3. The molecule has 0 bridgehead atoms. The van der Waals surface area contributed by atoms with E-state index in [0.717, 1.165) is 5.57 Å². The quantitative estimate of drug-likeness (QED) is 0.787. The molecule has 0 saturated carbocycles. The molecule has 2 aliphatic heterocycles. The summed E-state index contributed by atoms with van der Waals surface area (Å²) < 4.78 is 36.7. The van der Waals surface area contributed by atoms with Gasteiger partial charge in [0.05, 0.1) is 17.9 Å². The van der Waals surface area contributed by atoms with Gasteiger partial charge in [-0.05, 0) is 51.8 Å². The molecule has 1 aromatic rings. The van der Waals surface area contributed by atoms with E-state index in [9.17, 15) is 13.6 Å². The van der Waals surface area contributed by atoms with Gasteiger partial charge in [-0.15, -0.1) is 0 Å². The fraction of sp³-hybridized carbons (Fsp3) is 0.579. The molecule has 0 aliphatic carbocycles. The Morgan fingerprint density at radius 1 is 1.31 bits per heavy atom. The van der Waals surface area contributed by atoms with E-state index in [1.807, 2.05) is 26.8 Å². The van der Waals surface area contributed by atoms with E-state index in [0.29, 0.717) is 38.2 Å². The van der Waals surface area contributed by atoms with Crippen LogP contribution in [0.15, 0.2) is 24.4 Å². The Hall–Kier alpha value is -2.02. The molecule has 142 valence electrons. The molecule has 0 radical (unpaired) electrons. The molecule has 0 aromatic carbocycles. The minimum atomic E-state index is -2.52. The summed E-state index contributed by atoms with van der Waals surface area (Å²) >= 11 is 0. The Kier molecular flexibility index (Phi) is 5.01. The number of carbonyl (C=O) groups excluding carboxylic acids is 1. The van der Waals surface area contributed by atoms with Gasteiger partial charge >= 0.3 is 6.09 Å². The number of hydrogen-bond donors (Lipinski definition) is 0. The van der Waals surface area contributed by atoms with Gasteiger partial charge < -0.3 is 14.4 Å². The van der Waals surface area contributed by atoms with E-state index in [1.54, 1.807) is 11.0 Å². The monoisotopic (exact) mass is 366 g/mol. The predicted molar refractivity (Wildman–Crippen MR) is 92.9 cm³/mol. The summed E-state index contributed by atoms with van der Waals surface area (Å²) in [6.07, 6.45) is 1.75. The maximum atomic E-state index is 12.6. The summed E-state index contributed by atoms with van der Waals surface area (Å²) in [6.45, 7) is 7.04. The lowest BCUT2D eigenvalue weighted by atomic mass is 9.90. The van der Waals surface area contributed by atoms with Crippen LogP contribution >= 0.6 is 0 Å². The SMILES string of the molecule is CC(C)(C)OC(=O)N1CCC2(C=C(c3ccc(C(F)F)cn3)CO2)CC1. The zero-order valence-electron chi connectivity index (χ0n) is 15.3. The minimum Gasteiger partial charge on any atom is -0.444 e. The Morgan fingerprint density at radius 2 is 2.00 bits per heavy atom. The molecule has 2 aliphatic rings. The molecule has 3 heterocycles. The third-order valence-electron chi connectivity index (χ3n) is 4.58. The number of halogens is 2. The number of amides is 1. The second kappa shape index (κ2) is 6.95. The first-order valence-corrected chi connectivity index (χ1v) is 8.76. The number of rotatable bonds is 2. The normalized spacial score (nSPS) is 19.8. The molecule has 1 fully saturated rings. The number of piperidine rings is 1. The third kappa shape index (κ3) is 4.20. The van der Waals surface area contributed by atoms with Crippen LogP contribution in [0.25, 0.3) is 5.57 Å². The standard InChI is InChI=1S/C19H24F2N2O3/c1-18(2,3)26-17(24)23-8-6-19(7-9-23)10-14(12-25-19)15-5-4-13(11-22-15)16(20)21/h4-5,10-11,16H,6-9,12H2,1-3H3. The zero-order valence-corrected chi connectivity index (χ0v) is 15.3. The fourth-order valence-electron chi connectivity index (χ4n) is 3.18. The average molecular weight is 366 g/mol. The van der Waals surface area contributed by atoms with E-state index in [-0.39, 0.29) is 11.7 Å². The van der Waals surface area contributed by atoms with Crippen molar-refractivity contribution in [1.82, 2.24) is 9.88 Å². The second-order valence-electron chi connectivity index (χ2n) is 7.77. The van der Waals surface area contributed by atoms with Crippen molar-refractivity contribution in [3.8, 4) is 0 Å². The molecule has 0 N–H and O–H groups in total. The Bertz CT molecular complexity index is 688. The van der Waals surface area contributed by atoms with Gasteiger partial charge in [-0.1, -0.05) is 0 Å². The first-order valence-electron chi connectivity index (χ1n) is 8.76. The van der Waals surface area contributed by atoms with Gasteiger partial charge in [-0.2, -0.15) is 0 Å². The molecule has 7 heteroatoms. The van der Waals surface area contributed by atoms with Crippen LogP contribution in [0, 0.1) is 0 Å². The summed E-state index contributed by atoms with van der Waals surface area (Å²) in [6, 6.07) is 3.00. The van der Waals surface area contributed by atoms with Gasteiger partial charge in [0.2, 0.25) is 0 Å². The van der Waals surface area contributed by atoms with Crippen molar-refractivity contribution in [2.45, 2.75) is 51.2 Å². The maximum Gasteiger partial charge on any atom is 0.410 e. The van der Waals surface area contributed by atoms with Crippen LogP contribution in [0.1, 0.15) is 51.3 Å². The van der Waals surface area contributed by atoms with Gasteiger partial charge in [-0.3, -0.25) is 4.98 Å². The molecule has 1 saturated heterocycles. The molecule has 0 unspecified atom stereocenters. The summed E-state index contributed by atoms with van der Waals surface area (Å²) in [5.41, 5.74) is 0.530. The Morgan fingerprint density at radius 3 is 2.54 bits per heavy atom. The van der Waals surface area contributed by atoms with Crippen molar-refractivity contribution in [3.05, 3.63) is 35.7 Å². The zero-order chi connectivity index (χ0) is 18.9. The van der Waals surface area contributed by atoms with Gasteiger partial charge in [0, 0.05) is 30.4 Å². The van der Waals surface area contributed by atoms with Crippen molar-refractivity contribution < 1.29 is 23.0 Å². The molecule has 26 heavy (non-hydrogen) atoms. The second-order valence-corrected chi connectivity index (χ2v) is 7.77. The summed E-state index contributed by atoms with van der Waals surface area (Å²) in [7, 11) is 0. The van der Waals surface area contributed by atoms with E-state index < -0.39 is 17.6 Å². The molecule has 1 aromatic heterocycles. The molecular weight excluding hydrogens is 342 g/mol. The number of alkyl halides is 2. The Balaban J connectivity index is 1.64. The minimum absolute atomic E-state index is 0.0892. The van der Waals surface area contributed by atoms with Crippen molar-refractivity contribution in [2.75, 3.05) is 19.7 Å². The van der Waals surface area contributed by atoms with Crippen molar-refractivity contribution in [2.24, 2.45) is 0 Å². The number of ether oxygens (including phenoxy) is 2. The number of carbonyl (C=O) groups is 1. The number of aromatic nitrogens is 1. The van der Waals surface area contributed by atoms with Crippen LogP contribution in [-0.4, -0.2) is 46.9 Å². The van der Waals surface area contributed by atoms with E-state index in [1.165, 1.54) is 12.3 Å². The predicted octanol–water partition coefficient (Wildman–Crippen LogP) is 4.20. The number of likely N-dealkylation sites (tertiary alicyclic amines) is 1. The van der Waals surface area contributed by atoms with Gasteiger partial charge in [0.15, 0.2) is 0 Å². The van der Waals surface area contributed by atoms with Crippen LogP contribution in [0.5, 0.6) is 0 Å². The lowest BCUT2D eigenvalue weighted by Crippen LogP contribution is -2.47. The smallest absolute Gasteiger partial charge is 0.410 e. The van der Waals surface area contributed by atoms with Gasteiger partial charge in [0.1, 0.15) is 5.60 Å². The van der Waals surface area contributed by atoms with Crippen molar-refractivity contribution in [1.29, 1.82) is 0 Å². The largest absolute Gasteiger partial charge is 0.444 e. The highest BCUT2D eigenvalue weighted by molar-refractivity contribution is 5.69. The van der Waals surface area contributed by atoms with Crippen LogP contribution < -0.4 is 0 Å². The topological polar surface area (TPSA) is 51.7 Å². The Labute approximate surface area is 152 Å². The van der Waals surface area contributed by atoms with Crippen LogP contribution in [0.3, 0.4) is 0 Å². The lowest BCUT2D eigenvalue weighted by molar-refractivity contribution is -0.0318. The van der Waals surface area contributed by atoms with Gasteiger partial charge in [0.25, 0.3) is 6.43 Å².